The van der Waals surface area contributed by atoms with E-state index in [9.17, 15) is 18.3 Å². The Morgan fingerprint density at radius 2 is 1.97 bits per heavy atom. The molecule has 31 heavy (non-hydrogen) atoms. The van der Waals surface area contributed by atoms with Crippen LogP contribution in [0, 0.1) is 6.92 Å². The van der Waals surface area contributed by atoms with Gasteiger partial charge in [0.05, 0.1) is 17.6 Å². The molecule has 1 saturated carbocycles. The zero-order valence-corrected chi connectivity index (χ0v) is 18.3. The number of nitrogens with zero attached hydrogens (tertiary/aromatic N) is 2. The first kappa shape index (κ1) is 21.8. The number of aliphatic hydroxyl groups excluding tert-OH is 1. The summed E-state index contributed by atoms with van der Waals surface area (Å²) in [6.07, 6.45) is 5.16. The minimum Gasteiger partial charge on any atom is -0.481 e. The fourth-order valence-electron chi connectivity index (χ4n) is 4.14. The normalized spacial score (nSPS) is 25.3. The summed E-state index contributed by atoms with van der Waals surface area (Å²) < 4.78 is 29.0. The third-order valence-electron chi connectivity index (χ3n) is 5.88. The summed E-state index contributed by atoms with van der Waals surface area (Å²) >= 11 is 0. The molecule has 2 fully saturated rings. The Morgan fingerprint density at radius 1 is 1.19 bits per heavy atom. The maximum Gasteiger partial charge on any atom is 0.258 e. The van der Waals surface area contributed by atoms with Gasteiger partial charge in [0.2, 0.25) is 5.95 Å². The van der Waals surface area contributed by atoms with E-state index in [2.05, 4.69) is 20.6 Å². The number of amides is 1. The lowest BCUT2D eigenvalue weighted by molar-refractivity contribution is -0.123. The van der Waals surface area contributed by atoms with Gasteiger partial charge >= 0.3 is 0 Å². The van der Waals surface area contributed by atoms with E-state index < -0.39 is 9.84 Å². The number of benzene rings is 1. The third kappa shape index (κ3) is 5.43. The van der Waals surface area contributed by atoms with Gasteiger partial charge in [-0.05, 0) is 44.6 Å². The number of rotatable bonds is 6. The minimum absolute atomic E-state index is 0.0213. The lowest BCUT2D eigenvalue weighted by atomic mass is 9.93. The molecule has 1 saturated heterocycles. The molecule has 1 unspecified atom stereocenters. The van der Waals surface area contributed by atoms with Crippen LogP contribution in [0.15, 0.2) is 18.3 Å². The molecule has 168 valence electrons. The molecule has 0 bridgehead atoms. The average Bonchev–Trinajstić information content (AvgIpc) is 3.07. The molecular weight excluding hydrogens is 420 g/mol. The van der Waals surface area contributed by atoms with Crippen LogP contribution in [0.5, 0.6) is 5.75 Å². The van der Waals surface area contributed by atoms with Gasteiger partial charge in [0.15, 0.2) is 16.4 Å². The monoisotopic (exact) mass is 448 g/mol. The van der Waals surface area contributed by atoms with Gasteiger partial charge < -0.3 is 20.5 Å². The first-order chi connectivity index (χ1) is 14.8. The highest BCUT2D eigenvalue weighted by molar-refractivity contribution is 7.91. The topological polar surface area (TPSA) is 131 Å². The number of carbonyl (C=O) groups is 1. The van der Waals surface area contributed by atoms with Crippen molar-refractivity contribution in [3.05, 3.63) is 23.9 Å². The molecule has 1 aliphatic heterocycles. The molecule has 0 spiro atoms. The Bertz CT molecular complexity index is 1070. The summed E-state index contributed by atoms with van der Waals surface area (Å²) in [5.74, 6) is 0.730. The van der Waals surface area contributed by atoms with E-state index in [4.69, 9.17) is 4.74 Å². The zero-order chi connectivity index (χ0) is 22.0. The van der Waals surface area contributed by atoms with Crippen LogP contribution in [0.3, 0.4) is 0 Å². The summed E-state index contributed by atoms with van der Waals surface area (Å²) in [6, 6.07) is 3.64. The van der Waals surface area contributed by atoms with Crippen molar-refractivity contribution in [2.75, 3.05) is 23.4 Å². The van der Waals surface area contributed by atoms with Crippen LogP contribution in [0.1, 0.15) is 37.7 Å². The van der Waals surface area contributed by atoms with Crippen molar-refractivity contribution in [3.63, 3.8) is 0 Å². The molecule has 0 radical (unpaired) electrons. The molecule has 9 nitrogen and oxygen atoms in total. The Kier molecular flexibility index (Phi) is 6.29. The molecule has 1 atom stereocenters. The molecule has 2 aromatic rings. The van der Waals surface area contributed by atoms with Crippen LogP contribution in [0.2, 0.25) is 0 Å². The highest BCUT2D eigenvalue weighted by atomic mass is 32.2. The van der Waals surface area contributed by atoms with Crippen LogP contribution in [0.4, 0.5) is 5.95 Å². The van der Waals surface area contributed by atoms with E-state index in [1.165, 1.54) is 0 Å². The second-order valence-corrected chi connectivity index (χ2v) is 10.7. The number of sulfone groups is 1. The maximum atomic E-state index is 12.3. The summed E-state index contributed by atoms with van der Waals surface area (Å²) in [5.41, 5.74) is 1.46. The first-order valence-corrected chi connectivity index (χ1v) is 12.4. The fourth-order valence-corrected chi connectivity index (χ4v) is 5.82. The average molecular weight is 449 g/mol. The van der Waals surface area contributed by atoms with Crippen LogP contribution in [-0.2, 0) is 14.6 Å². The van der Waals surface area contributed by atoms with Gasteiger partial charge in [-0.1, -0.05) is 12.1 Å². The van der Waals surface area contributed by atoms with Gasteiger partial charge in [0, 0.05) is 23.7 Å². The number of hydrogen-bond donors (Lipinski definition) is 3. The smallest absolute Gasteiger partial charge is 0.258 e. The third-order valence-corrected chi connectivity index (χ3v) is 7.65. The summed E-state index contributed by atoms with van der Waals surface area (Å²) in [5, 5.41) is 16.5. The molecule has 1 aliphatic carbocycles. The Morgan fingerprint density at radius 3 is 2.68 bits per heavy atom. The standard InChI is InChI=1S/C21H28N4O5S/c1-13-2-3-14-10-22-21(24-15-4-6-17(26)7-5-15)25-19(14)20(13)30-11-18(27)23-16-8-9-31(28,29)12-16/h2-3,10,15-17,26H,4-9,11-12H2,1H3,(H,23,27)(H,22,24,25)/t15-,16?,17-. The molecule has 1 amide bonds. The van der Waals surface area contributed by atoms with Gasteiger partial charge in [-0.25, -0.2) is 18.4 Å². The van der Waals surface area contributed by atoms with Crippen molar-refractivity contribution in [1.29, 1.82) is 0 Å². The number of ether oxygens (including phenoxy) is 1. The van der Waals surface area contributed by atoms with Crippen molar-refractivity contribution in [3.8, 4) is 5.75 Å². The lowest BCUT2D eigenvalue weighted by Crippen LogP contribution is -2.38. The number of carbonyl (C=O) groups excluding carboxylic acids is 1. The van der Waals surface area contributed by atoms with Gasteiger partial charge in [-0.15, -0.1) is 0 Å². The van der Waals surface area contributed by atoms with Gasteiger partial charge in [0.1, 0.15) is 11.3 Å². The van der Waals surface area contributed by atoms with Crippen LogP contribution in [0.25, 0.3) is 10.9 Å². The molecule has 2 heterocycles. The Balaban J connectivity index is 1.45. The van der Waals surface area contributed by atoms with Crippen molar-refractivity contribution in [2.45, 2.75) is 57.2 Å². The number of nitrogens with one attached hydrogen (secondary N) is 2. The molecule has 4 rings (SSSR count). The number of fused-ring (bicyclic) bond motifs is 1. The lowest BCUT2D eigenvalue weighted by Gasteiger charge is -2.26. The molecular formula is C21H28N4O5S. The summed E-state index contributed by atoms with van der Waals surface area (Å²) in [7, 11) is -3.06. The number of aromatic nitrogens is 2. The van der Waals surface area contributed by atoms with E-state index in [1.807, 2.05) is 19.1 Å². The van der Waals surface area contributed by atoms with Crippen LogP contribution in [-0.4, -0.2) is 65.7 Å². The zero-order valence-electron chi connectivity index (χ0n) is 17.5. The molecule has 3 N–H and O–H groups in total. The Hall–Kier alpha value is -2.46. The van der Waals surface area contributed by atoms with E-state index in [-0.39, 0.29) is 42.2 Å². The van der Waals surface area contributed by atoms with E-state index in [1.54, 1.807) is 6.20 Å². The SMILES string of the molecule is Cc1ccc2cnc(N[C@H]3CC[C@H](O)CC3)nc2c1OCC(=O)NC1CCS(=O)(=O)C1. The highest BCUT2D eigenvalue weighted by Gasteiger charge is 2.29. The number of anilines is 1. The predicted octanol–water partition coefficient (Wildman–Crippen LogP) is 1.34. The Labute approximate surface area is 181 Å². The second-order valence-electron chi connectivity index (χ2n) is 8.45. The van der Waals surface area contributed by atoms with E-state index in [0.29, 0.717) is 23.6 Å². The van der Waals surface area contributed by atoms with Gasteiger partial charge in [0.25, 0.3) is 5.91 Å². The number of aryl methyl sites for hydroxylation is 1. The van der Waals surface area contributed by atoms with Crippen molar-refractivity contribution in [1.82, 2.24) is 15.3 Å². The van der Waals surface area contributed by atoms with Gasteiger partial charge in [-0.3, -0.25) is 4.79 Å². The maximum absolute atomic E-state index is 12.3. The predicted molar refractivity (Wildman–Crippen MR) is 117 cm³/mol. The van der Waals surface area contributed by atoms with Crippen molar-refractivity contribution < 1.29 is 23.1 Å². The number of hydrogen-bond acceptors (Lipinski definition) is 8. The van der Waals surface area contributed by atoms with E-state index >= 15 is 0 Å². The van der Waals surface area contributed by atoms with Crippen molar-refractivity contribution >= 4 is 32.6 Å². The van der Waals surface area contributed by atoms with Crippen LogP contribution < -0.4 is 15.4 Å². The van der Waals surface area contributed by atoms with E-state index in [0.717, 1.165) is 36.6 Å². The van der Waals surface area contributed by atoms with Crippen LogP contribution >= 0.6 is 0 Å². The molecule has 1 aromatic carbocycles. The molecule has 2 aliphatic rings. The van der Waals surface area contributed by atoms with Gasteiger partial charge in [-0.2, -0.15) is 0 Å². The number of aliphatic hydroxyl groups is 1. The largest absolute Gasteiger partial charge is 0.481 e. The second kappa shape index (κ2) is 8.96. The quantitative estimate of drug-likeness (QED) is 0.603. The van der Waals surface area contributed by atoms with Crippen molar-refractivity contribution in [2.24, 2.45) is 0 Å². The summed E-state index contributed by atoms with van der Waals surface area (Å²) in [4.78, 5) is 21.3. The highest BCUT2D eigenvalue weighted by Crippen LogP contribution is 2.29. The minimum atomic E-state index is -3.06. The summed E-state index contributed by atoms with van der Waals surface area (Å²) in [6.45, 7) is 1.66. The molecule has 10 heteroatoms. The fraction of sp³-hybridized carbons (Fsp3) is 0.571. The molecule has 1 aromatic heterocycles. The first-order valence-electron chi connectivity index (χ1n) is 10.6.